The number of halogens is 1. The van der Waals surface area contributed by atoms with Gasteiger partial charge < -0.3 is 19.5 Å². The number of ether oxygens (including phenoxy) is 1. The molecule has 0 saturated carbocycles. The fourth-order valence-corrected chi connectivity index (χ4v) is 4.67. The Balaban J connectivity index is 1.33. The first-order chi connectivity index (χ1) is 14.7. The van der Waals surface area contributed by atoms with E-state index in [1.807, 2.05) is 6.07 Å². The van der Waals surface area contributed by atoms with Gasteiger partial charge in [0.25, 0.3) is 0 Å². The van der Waals surface area contributed by atoms with Crippen LogP contribution in [0.2, 0.25) is 0 Å². The average molecular weight is 402 g/mol. The first-order valence-corrected chi connectivity index (χ1v) is 10.5. The van der Waals surface area contributed by atoms with Crippen LogP contribution in [0.5, 0.6) is 0 Å². The van der Waals surface area contributed by atoms with Gasteiger partial charge in [-0.2, -0.15) is 0 Å². The van der Waals surface area contributed by atoms with E-state index in [0.717, 1.165) is 73.4 Å². The maximum absolute atomic E-state index is 13.6. The topological polar surface area (TPSA) is 44.4 Å². The molecule has 5 nitrogen and oxygen atoms in total. The molecule has 6 rings (SSSR count). The predicted molar refractivity (Wildman–Crippen MR) is 118 cm³/mol. The fourth-order valence-electron chi connectivity index (χ4n) is 4.67. The Bertz CT molecular complexity index is 1240. The maximum atomic E-state index is 13.6. The molecular weight excluding hydrogens is 379 g/mol. The lowest BCUT2D eigenvalue weighted by molar-refractivity contribution is 0.122. The zero-order chi connectivity index (χ0) is 20.1. The molecule has 0 bridgehead atoms. The van der Waals surface area contributed by atoms with E-state index in [0.29, 0.717) is 0 Å². The zero-order valence-electron chi connectivity index (χ0n) is 16.7. The van der Waals surface area contributed by atoms with Gasteiger partial charge in [0.15, 0.2) is 0 Å². The number of aromatic nitrogens is 2. The molecular formula is C24H23FN4O. The average Bonchev–Trinajstić information content (AvgIpc) is 3.15. The summed E-state index contributed by atoms with van der Waals surface area (Å²) >= 11 is 0. The van der Waals surface area contributed by atoms with Crippen molar-refractivity contribution in [2.45, 2.75) is 13.0 Å². The molecule has 4 aromatic rings. The molecule has 1 fully saturated rings. The summed E-state index contributed by atoms with van der Waals surface area (Å²) in [5.41, 5.74) is 5.57. The van der Waals surface area contributed by atoms with Gasteiger partial charge in [0.1, 0.15) is 11.6 Å². The number of benzene rings is 2. The summed E-state index contributed by atoms with van der Waals surface area (Å²) in [5.74, 6) is 0.817. The van der Waals surface area contributed by atoms with Crippen molar-refractivity contribution in [2.24, 2.45) is 0 Å². The largest absolute Gasteiger partial charge is 0.378 e. The first-order valence-electron chi connectivity index (χ1n) is 10.5. The van der Waals surface area contributed by atoms with Gasteiger partial charge in [-0.1, -0.05) is 6.07 Å². The monoisotopic (exact) mass is 402 g/mol. The molecule has 0 amide bonds. The number of H-pyrrole nitrogens is 1. The highest BCUT2D eigenvalue weighted by Gasteiger charge is 2.21. The number of anilines is 2. The summed E-state index contributed by atoms with van der Waals surface area (Å²) in [6, 6.07) is 15.8. The third-order valence-electron chi connectivity index (χ3n) is 6.30. The second kappa shape index (κ2) is 6.99. The molecule has 2 aromatic heterocycles. The van der Waals surface area contributed by atoms with E-state index in [1.54, 1.807) is 12.1 Å². The van der Waals surface area contributed by atoms with Crippen LogP contribution in [0.25, 0.3) is 21.8 Å². The van der Waals surface area contributed by atoms with Crippen LogP contribution < -0.4 is 9.80 Å². The lowest BCUT2D eigenvalue weighted by atomic mass is 10.0. The van der Waals surface area contributed by atoms with Crippen molar-refractivity contribution in [2.75, 3.05) is 42.6 Å². The second-order valence-corrected chi connectivity index (χ2v) is 8.09. The standard InChI is InChI=1S/C24H23FN4O/c25-17-3-5-19-20-15-29(8-7-21(20)26-23(19)13-17)18-4-1-16-2-6-24(27-22(16)14-18)28-9-11-30-12-10-28/h1-6,13-14,26H,7-12,15H2. The number of hydrogen-bond acceptors (Lipinski definition) is 4. The van der Waals surface area contributed by atoms with Crippen LogP contribution in [-0.2, 0) is 17.7 Å². The minimum Gasteiger partial charge on any atom is -0.378 e. The van der Waals surface area contributed by atoms with Gasteiger partial charge in [0.05, 0.1) is 18.7 Å². The smallest absolute Gasteiger partial charge is 0.129 e. The molecule has 2 aliphatic rings. The second-order valence-electron chi connectivity index (χ2n) is 8.09. The fraction of sp³-hybridized carbons (Fsp3) is 0.292. The Morgan fingerprint density at radius 3 is 2.70 bits per heavy atom. The molecule has 2 aliphatic heterocycles. The molecule has 0 unspecified atom stereocenters. The quantitative estimate of drug-likeness (QED) is 0.544. The van der Waals surface area contributed by atoms with Crippen LogP contribution in [-0.4, -0.2) is 42.8 Å². The van der Waals surface area contributed by atoms with E-state index in [1.165, 1.54) is 16.9 Å². The molecule has 6 heteroatoms. The van der Waals surface area contributed by atoms with Crippen LogP contribution in [0.1, 0.15) is 11.3 Å². The summed E-state index contributed by atoms with van der Waals surface area (Å²) in [7, 11) is 0. The van der Waals surface area contributed by atoms with Crippen LogP contribution >= 0.6 is 0 Å². The van der Waals surface area contributed by atoms with Crippen molar-refractivity contribution < 1.29 is 9.13 Å². The highest BCUT2D eigenvalue weighted by molar-refractivity contribution is 5.87. The summed E-state index contributed by atoms with van der Waals surface area (Å²) in [4.78, 5) is 13.0. The Hall–Kier alpha value is -3.12. The van der Waals surface area contributed by atoms with E-state index in [2.05, 4.69) is 45.1 Å². The third kappa shape index (κ3) is 2.99. The molecule has 1 saturated heterocycles. The molecule has 152 valence electrons. The number of fused-ring (bicyclic) bond motifs is 4. The molecule has 30 heavy (non-hydrogen) atoms. The lowest BCUT2D eigenvalue weighted by Crippen LogP contribution is -2.36. The van der Waals surface area contributed by atoms with Crippen molar-refractivity contribution in [3.8, 4) is 0 Å². The van der Waals surface area contributed by atoms with E-state index >= 15 is 0 Å². The maximum Gasteiger partial charge on any atom is 0.129 e. The van der Waals surface area contributed by atoms with E-state index in [-0.39, 0.29) is 5.82 Å². The van der Waals surface area contributed by atoms with Crippen molar-refractivity contribution >= 4 is 33.3 Å². The summed E-state index contributed by atoms with van der Waals surface area (Å²) in [6.45, 7) is 5.02. The van der Waals surface area contributed by atoms with Gasteiger partial charge in [0.2, 0.25) is 0 Å². The van der Waals surface area contributed by atoms with Gasteiger partial charge in [-0.15, -0.1) is 0 Å². The molecule has 0 atom stereocenters. The number of morpholine rings is 1. The van der Waals surface area contributed by atoms with E-state index in [9.17, 15) is 4.39 Å². The number of pyridine rings is 1. The lowest BCUT2D eigenvalue weighted by Gasteiger charge is -2.30. The van der Waals surface area contributed by atoms with Crippen molar-refractivity contribution in [3.63, 3.8) is 0 Å². The number of rotatable bonds is 2. The predicted octanol–water partition coefficient (Wildman–Crippen LogP) is 4.25. The van der Waals surface area contributed by atoms with Gasteiger partial charge in [0, 0.05) is 65.8 Å². The van der Waals surface area contributed by atoms with Crippen molar-refractivity contribution in [3.05, 3.63) is 65.6 Å². The van der Waals surface area contributed by atoms with E-state index < -0.39 is 0 Å². The Labute approximate surface area is 174 Å². The minimum atomic E-state index is -0.199. The van der Waals surface area contributed by atoms with Gasteiger partial charge in [-0.25, -0.2) is 9.37 Å². The zero-order valence-corrected chi connectivity index (χ0v) is 16.7. The summed E-state index contributed by atoms with van der Waals surface area (Å²) in [5, 5.41) is 2.26. The third-order valence-corrected chi connectivity index (χ3v) is 6.30. The molecule has 2 aromatic carbocycles. The van der Waals surface area contributed by atoms with Crippen molar-refractivity contribution in [1.82, 2.24) is 9.97 Å². The number of nitrogens with one attached hydrogen (secondary N) is 1. The number of nitrogens with zero attached hydrogens (tertiary/aromatic N) is 3. The molecule has 0 radical (unpaired) electrons. The molecule has 0 aliphatic carbocycles. The normalized spacial score (nSPS) is 17.0. The molecule has 0 spiro atoms. The van der Waals surface area contributed by atoms with Gasteiger partial charge >= 0.3 is 0 Å². The van der Waals surface area contributed by atoms with Crippen LogP contribution in [0.4, 0.5) is 15.9 Å². The molecule has 1 N–H and O–H groups in total. The van der Waals surface area contributed by atoms with E-state index in [4.69, 9.17) is 9.72 Å². The van der Waals surface area contributed by atoms with Crippen LogP contribution in [0.3, 0.4) is 0 Å². The van der Waals surface area contributed by atoms with Gasteiger partial charge in [-0.3, -0.25) is 0 Å². The Morgan fingerprint density at radius 2 is 1.80 bits per heavy atom. The highest BCUT2D eigenvalue weighted by Crippen LogP contribution is 2.32. The van der Waals surface area contributed by atoms with Crippen LogP contribution in [0.15, 0.2) is 48.5 Å². The summed E-state index contributed by atoms with van der Waals surface area (Å²) in [6.07, 6.45) is 0.922. The summed E-state index contributed by atoms with van der Waals surface area (Å²) < 4.78 is 19.1. The highest BCUT2D eigenvalue weighted by atomic mass is 19.1. The number of hydrogen-bond donors (Lipinski definition) is 1. The minimum absolute atomic E-state index is 0.199. The first kappa shape index (κ1) is 17.7. The van der Waals surface area contributed by atoms with Gasteiger partial charge in [-0.05, 0) is 42.5 Å². The number of aromatic amines is 1. The van der Waals surface area contributed by atoms with Crippen molar-refractivity contribution in [1.29, 1.82) is 0 Å². The van der Waals surface area contributed by atoms with Crippen LogP contribution in [0, 0.1) is 5.82 Å². The molecule has 4 heterocycles. The Morgan fingerprint density at radius 1 is 0.933 bits per heavy atom. The SMILES string of the molecule is Fc1ccc2c3c([nH]c2c1)CCN(c1ccc2ccc(N4CCOCC4)nc2c1)C3. The Kier molecular flexibility index (Phi) is 4.13.